The van der Waals surface area contributed by atoms with Crippen molar-refractivity contribution in [2.24, 2.45) is 10.8 Å². The van der Waals surface area contributed by atoms with Crippen molar-refractivity contribution in [3.63, 3.8) is 0 Å². The molecule has 0 spiro atoms. The van der Waals surface area contributed by atoms with Crippen molar-refractivity contribution in [2.45, 2.75) is 52.9 Å². The summed E-state index contributed by atoms with van der Waals surface area (Å²) in [5.41, 5.74) is 2.01. The van der Waals surface area contributed by atoms with E-state index in [1.807, 2.05) is 6.08 Å². The second kappa shape index (κ2) is 2.95. The number of allylic oxidation sites excluding steroid dienone is 2. The zero-order chi connectivity index (χ0) is 10.4. The van der Waals surface area contributed by atoms with E-state index in [0.717, 1.165) is 12.8 Å². The first-order valence-corrected chi connectivity index (χ1v) is 5.70. The molecule has 1 heteroatoms. The molecule has 0 unspecified atom stereocenters. The average molecular weight is 192 g/mol. The van der Waals surface area contributed by atoms with E-state index in [1.54, 1.807) is 0 Å². The molecule has 1 nitrogen and oxygen atoms in total. The highest BCUT2D eigenvalue weighted by molar-refractivity contribution is 5.91. The average Bonchev–Trinajstić information content (AvgIpc) is 2.08. The number of fused-ring (bicyclic) bond motifs is 1. The lowest BCUT2D eigenvalue weighted by molar-refractivity contribution is -0.116. The van der Waals surface area contributed by atoms with E-state index in [2.05, 4.69) is 20.8 Å². The minimum atomic E-state index is 0.253. The zero-order valence-corrected chi connectivity index (χ0v) is 9.52. The fourth-order valence-corrected chi connectivity index (χ4v) is 3.27. The number of carbonyl (C=O) groups is 1. The van der Waals surface area contributed by atoms with Gasteiger partial charge in [0.25, 0.3) is 0 Å². The Bertz CT molecular complexity index is 298. The predicted octanol–water partition coefficient (Wildman–Crippen LogP) is 3.49. The number of carbonyl (C=O) groups excluding carboxylic acids is 1. The van der Waals surface area contributed by atoms with Gasteiger partial charge in [0.05, 0.1) is 0 Å². The molecule has 2 aliphatic carbocycles. The van der Waals surface area contributed by atoms with E-state index in [0.29, 0.717) is 11.2 Å². The Hall–Kier alpha value is -0.590. The molecule has 1 saturated carbocycles. The first kappa shape index (κ1) is 9.95. The summed E-state index contributed by atoms with van der Waals surface area (Å²) in [6.45, 7) is 6.91. The first-order chi connectivity index (χ1) is 6.44. The van der Waals surface area contributed by atoms with Gasteiger partial charge in [-0.2, -0.15) is 0 Å². The summed E-state index contributed by atoms with van der Waals surface area (Å²) in [7, 11) is 0. The third-order valence-electron chi connectivity index (χ3n) is 4.14. The molecular weight excluding hydrogens is 172 g/mol. The van der Waals surface area contributed by atoms with Crippen LogP contribution in [0.15, 0.2) is 11.6 Å². The van der Waals surface area contributed by atoms with Crippen LogP contribution in [0.4, 0.5) is 0 Å². The summed E-state index contributed by atoms with van der Waals surface area (Å²) in [6, 6.07) is 0. The van der Waals surface area contributed by atoms with Crippen molar-refractivity contribution in [3.05, 3.63) is 11.6 Å². The molecule has 0 bridgehead atoms. The van der Waals surface area contributed by atoms with E-state index in [9.17, 15) is 4.79 Å². The molecule has 1 fully saturated rings. The molecule has 1 atom stereocenters. The largest absolute Gasteiger partial charge is 0.295 e. The van der Waals surface area contributed by atoms with Crippen LogP contribution in [0.5, 0.6) is 0 Å². The minimum absolute atomic E-state index is 0.253. The molecule has 2 rings (SSSR count). The number of hydrogen-bond acceptors (Lipinski definition) is 1. The van der Waals surface area contributed by atoms with Crippen LogP contribution >= 0.6 is 0 Å². The molecule has 78 valence electrons. The van der Waals surface area contributed by atoms with Crippen LogP contribution in [-0.2, 0) is 4.79 Å². The van der Waals surface area contributed by atoms with Gasteiger partial charge >= 0.3 is 0 Å². The van der Waals surface area contributed by atoms with Gasteiger partial charge in [0.15, 0.2) is 5.78 Å². The van der Waals surface area contributed by atoms with Crippen molar-refractivity contribution < 1.29 is 4.79 Å². The number of rotatable bonds is 0. The zero-order valence-electron chi connectivity index (χ0n) is 9.52. The minimum Gasteiger partial charge on any atom is -0.295 e. The lowest BCUT2D eigenvalue weighted by atomic mass is 9.57. The van der Waals surface area contributed by atoms with Crippen molar-refractivity contribution in [1.82, 2.24) is 0 Å². The van der Waals surface area contributed by atoms with Gasteiger partial charge in [-0.3, -0.25) is 4.79 Å². The molecule has 0 heterocycles. The lowest BCUT2D eigenvalue weighted by Gasteiger charge is -2.47. The molecule has 0 aromatic heterocycles. The Morgan fingerprint density at radius 1 is 1.14 bits per heavy atom. The van der Waals surface area contributed by atoms with Crippen molar-refractivity contribution >= 4 is 5.78 Å². The van der Waals surface area contributed by atoms with Crippen LogP contribution in [0.3, 0.4) is 0 Å². The molecular formula is C13H20O. The predicted molar refractivity (Wildman–Crippen MR) is 58.1 cm³/mol. The van der Waals surface area contributed by atoms with Gasteiger partial charge in [0.1, 0.15) is 0 Å². The molecule has 0 amide bonds. The number of ketones is 1. The summed E-state index contributed by atoms with van der Waals surface area (Å²) >= 11 is 0. The smallest absolute Gasteiger partial charge is 0.155 e. The summed E-state index contributed by atoms with van der Waals surface area (Å²) < 4.78 is 0. The maximum Gasteiger partial charge on any atom is 0.155 e. The molecule has 0 N–H and O–H groups in total. The van der Waals surface area contributed by atoms with E-state index < -0.39 is 0 Å². The molecule has 0 saturated heterocycles. The van der Waals surface area contributed by atoms with Crippen molar-refractivity contribution in [2.75, 3.05) is 0 Å². The molecule has 0 radical (unpaired) electrons. The number of hydrogen-bond donors (Lipinski definition) is 0. The maximum atomic E-state index is 11.5. The van der Waals surface area contributed by atoms with Gasteiger partial charge in [0, 0.05) is 6.42 Å². The van der Waals surface area contributed by atoms with Crippen LogP contribution < -0.4 is 0 Å². The van der Waals surface area contributed by atoms with Crippen LogP contribution in [0.25, 0.3) is 0 Å². The van der Waals surface area contributed by atoms with Gasteiger partial charge in [-0.15, -0.1) is 0 Å². The van der Waals surface area contributed by atoms with Crippen LogP contribution in [0.1, 0.15) is 52.9 Å². The van der Waals surface area contributed by atoms with Gasteiger partial charge in [-0.05, 0) is 36.2 Å². The molecule has 2 aliphatic rings. The van der Waals surface area contributed by atoms with Gasteiger partial charge in [-0.1, -0.05) is 32.8 Å². The Kier molecular flexibility index (Phi) is 2.09. The summed E-state index contributed by atoms with van der Waals surface area (Å²) in [5, 5.41) is 0. The Morgan fingerprint density at radius 3 is 2.57 bits per heavy atom. The highest BCUT2D eigenvalue weighted by Crippen LogP contribution is 2.54. The molecule has 0 aromatic rings. The molecule has 0 aliphatic heterocycles. The van der Waals surface area contributed by atoms with E-state index in [4.69, 9.17) is 0 Å². The van der Waals surface area contributed by atoms with Gasteiger partial charge in [0.2, 0.25) is 0 Å². The Balaban J connectivity index is 2.43. The second-order valence-electron chi connectivity index (χ2n) is 5.82. The van der Waals surface area contributed by atoms with Gasteiger partial charge in [-0.25, -0.2) is 0 Å². The standard InChI is InChI=1S/C13H20O/c1-12(2)6-4-7-13(3)8-5-10(14)9-11(12)13/h9H,4-8H2,1-3H3/t13-/m1/s1. The van der Waals surface area contributed by atoms with Crippen LogP contribution in [0, 0.1) is 10.8 Å². The van der Waals surface area contributed by atoms with Crippen LogP contribution in [-0.4, -0.2) is 5.78 Å². The fraction of sp³-hybridized carbons (Fsp3) is 0.769. The maximum absolute atomic E-state index is 11.5. The van der Waals surface area contributed by atoms with E-state index in [1.165, 1.54) is 24.8 Å². The quantitative estimate of drug-likeness (QED) is 0.574. The highest BCUT2D eigenvalue weighted by Gasteiger charge is 2.43. The third kappa shape index (κ3) is 1.43. The Labute approximate surface area is 86.6 Å². The summed E-state index contributed by atoms with van der Waals surface area (Å²) in [4.78, 5) is 11.5. The normalized spacial score (nSPS) is 36.2. The second-order valence-corrected chi connectivity index (χ2v) is 5.82. The molecule has 0 aromatic carbocycles. The van der Waals surface area contributed by atoms with E-state index >= 15 is 0 Å². The SMILES string of the molecule is CC1(C)CCC[C@]2(C)CCC(=O)C=C12. The van der Waals surface area contributed by atoms with Crippen molar-refractivity contribution in [1.29, 1.82) is 0 Å². The Morgan fingerprint density at radius 2 is 1.86 bits per heavy atom. The third-order valence-corrected chi connectivity index (χ3v) is 4.14. The lowest BCUT2D eigenvalue weighted by Crippen LogP contribution is -2.37. The van der Waals surface area contributed by atoms with E-state index in [-0.39, 0.29) is 5.41 Å². The highest BCUT2D eigenvalue weighted by atomic mass is 16.1. The van der Waals surface area contributed by atoms with Gasteiger partial charge < -0.3 is 0 Å². The summed E-state index contributed by atoms with van der Waals surface area (Å²) in [6.07, 6.45) is 7.60. The van der Waals surface area contributed by atoms with Crippen LogP contribution in [0.2, 0.25) is 0 Å². The topological polar surface area (TPSA) is 17.1 Å². The monoisotopic (exact) mass is 192 g/mol. The fourth-order valence-electron chi connectivity index (χ4n) is 3.27. The molecule has 14 heavy (non-hydrogen) atoms. The first-order valence-electron chi connectivity index (χ1n) is 5.70. The van der Waals surface area contributed by atoms with Crippen molar-refractivity contribution in [3.8, 4) is 0 Å². The summed E-state index contributed by atoms with van der Waals surface area (Å²) in [5.74, 6) is 0.340.